The maximum Gasteiger partial charge on any atom is 0.237 e. The van der Waals surface area contributed by atoms with E-state index in [2.05, 4.69) is 20.5 Å². The molecule has 15 heavy (non-hydrogen) atoms. The second-order valence-electron chi connectivity index (χ2n) is 3.89. The van der Waals surface area contributed by atoms with Crippen LogP contribution in [0, 0.1) is 5.92 Å². The summed E-state index contributed by atoms with van der Waals surface area (Å²) in [5.74, 6) is 0.885. The average Bonchev–Trinajstić information content (AvgIpc) is 2.65. The number of amides is 1. The van der Waals surface area contributed by atoms with E-state index in [9.17, 15) is 4.79 Å². The van der Waals surface area contributed by atoms with Crippen molar-refractivity contribution >= 4 is 5.91 Å². The summed E-state index contributed by atoms with van der Waals surface area (Å²) in [5.41, 5.74) is 5.70. The Hall–Kier alpha value is -1.43. The molecule has 1 aromatic heterocycles. The van der Waals surface area contributed by atoms with Gasteiger partial charge in [0.25, 0.3) is 0 Å². The number of nitrogens with zero attached hydrogens (tertiary/aromatic N) is 2. The summed E-state index contributed by atoms with van der Waals surface area (Å²) in [6.45, 7) is 4.40. The zero-order valence-corrected chi connectivity index (χ0v) is 9.03. The quantitative estimate of drug-likeness (QED) is 0.628. The van der Waals surface area contributed by atoms with Crippen LogP contribution in [-0.2, 0) is 11.3 Å². The smallest absolute Gasteiger partial charge is 0.237 e. The van der Waals surface area contributed by atoms with Crippen molar-refractivity contribution in [2.75, 3.05) is 0 Å². The highest BCUT2D eigenvalue weighted by Gasteiger charge is 2.14. The van der Waals surface area contributed by atoms with Gasteiger partial charge < -0.3 is 11.1 Å². The largest absolute Gasteiger partial charge is 0.347 e. The van der Waals surface area contributed by atoms with Crippen LogP contribution in [0.4, 0.5) is 0 Å². The molecule has 0 saturated heterocycles. The van der Waals surface area contributed by atoms with E-state index in [1.165, 1.54) is 6.33 Å². The van der Waals surface area contributed by atoms with E-state index in [4.69, 9.17) is 5.73 Å². The van der Waals surface area contributed by atoms with Crippen LogP contribution in [0.1, 0.15) is 26.1 Å². The van der Waals surface area contributed by atoms with Gasteiger partial charge in [-0.25, -0.2) is 4.98 Å². The number of hydrogen-bond donors (Lipinski definition) is 3. The van der Waals surface area contributed by atoms with Gasteiger partial charge in [0.1, 0.15) is 12.2 Å². The van der Waals surface area contributed by atoms with E-state index in [1.807, 2.05) is 13.8 Å². The lowest BCUT2D eigenvalue weighted by Gasteiger charge is -2.13. The maximum absolute atomic E-state index is 11.5. The fraction of sp³-hybridized carbons (Fsp3) is 0.667. The zero-order chi connectivity index (χ0) is 11.3. The first-order chi connectivity index (χ1) is 7.09. The Morgan fingerprint density at radius 3 is 2.93 bits per heavy atom. The molecule has 0 radical (unpaired) electrons. The van der Waals surface area contributed by atoms with E-state index in [0.29, 0.717) is 24.7 Å². The first kappa shape index (κ1) is 11.6. The van der Waals surface area contributed by atoms with E-state index < -0.39 is 6.04 Å². The van der Waals surface area contributed by atoms with Crippen molar-refractivity contribution in [3.05, 3.63) is 12.2 Å². The number of aromatic amines is 1. The minimum atomic E-state index is -0.451. The highest BCUT2D eigenvalue weighted by molar-refractivity contribution is 5.81. The van der Waals surface area contributed by atoms with Crippen LogP contribution >= 0.6 is 0 Å². The molecule has 1 amide bonds. The zero-order valence-electron chi connectivity index (χ0n) is 9.03. The molecule has 0 unspecified atom stereocenters. The van der Waals surface area contributed by atoms with E-state index in [0.717, 1.165) is 0 Å². The van der Waals surface area contributed by atoms with Gasteiger partial charge >= 0.3 is 0 Å². The van der Waals surface area contributed by atoms with Gasteiger partial charge in [-0.3, -0.25) is 9.89 Å². The lowest BCUT2D eigenvalue weighted by Crippen LogP contribution is -2.41. The molecule has 1 heterocycles. The molecule has 0 aliphatic rings. The average molecular weight is 211 g/mol. The molecular weight excluding hydrogens is 194 g/mol. The van der Waals surface area contributed by atoms with Crippen molar-refractivity contribution in [3.8, 4) is 0 Å². The molecule has 6 nitrogen and oxygen atoms in total. The van der Waals surface area contributed by atoms with Crippen LogP contribution in [0.5, 0.6) is 0 Å². The molecule has 1 atom stereocenters. The highest BCUT2D eigenvalue weighted by atomic mass is 16.2. The lowest BCUT2D eigenvalue weighted by atomic mass is 10.0. The van der Waals surface area contributed by atoms with E-state index in [1.54, 1.807) is 0 Å². The van der Waals surface area contributed by atoms with Gasteiger partial charge in [-0.2, -0.15) is 5.10 Å². The van der Waals surface area contributed by atoms with Crippen molar-refractivity contribution in [3.63, 3.8) is 0 Å². The maximum atomic E-state index is 11.5. The van der Waals surface area contributed by atoms with Crippen LogP contribution in [0.2, 0.25) is 0 Å². The summed E-state index contributed by atoms with van der Waals surface area (Å²) < 4.78 is 0. The van der Waals surface area contributed by atoms with Gasteiger partial charge in [0.2, 0.25) is 5.91 Å². The van der Waals surface area contributed by atoms with Crippen molar-refractivity contribution in [2.45, 2.75) is 32.9 Å². The van der Waals surface area contributed by atoms with Crippen molar-refractivity contribution in [1.82, 2.24) is 20.5 Å². The van der Waals surface area contributed by atoms with Crippen molar-refractivity contribution < 1.29 is 4.79 Å². The number of rotatable bonds is 5. The number of nitrogens with two attached hydrogens (primary N) is 1. The molecule has 0 aromatic carbocycles. The van der Waals surface area contributed by atoms with Gasteiger partial charge in [0.05, 0.1) is 12.6 Å². The van der Waals surface area contributed by atoms with Crippen LogP contribution in [0.15, 0.2) is 6.33 Å². The van der Waals surface area contributed by atoms with Crippen LogP contribution in [-0.4, -0.2) is 27.1 Å². The monoisotopic (exact) mass is 211 g/mol. The first-order valence-corrected chi connectivity index (χ1v) is 4.97. The standard InChI is InChI=1S/C9H17N5O/c1-6(2)3-7(10)9(15)11-4-8-12-5-13-14-8/h5-7H,3-4,10H2,1-2H3,(H,11,15)(H,12,13,14)/t7-/m0/s1. The number of carbonyl (C=O) groups excluding carboxylic acids is 1. The van der Waals surface area contributed by atoms with Crippen LogP contribution in [0.3, 0.4) is 0 Å². The first-order valence-electron chi connectivity index (χ1n) is 4.97. The number of hydrogen-bond acceptors (Lipinski definition) is 4. The summed E-state index contributed by atoms with van der Waals surface area (Å²) in [4.78, 5) is 15.4. The van der Waals surface area contributed by atoms with Crippen molar-refractivity contribution in [1.29, 1.82) is 0 Å². The molecule has 0 bridgehead atoms. The van der Waals surface area contributed by atoms with Gasteiger partial charge in [0, 0.05) is 0 Å². The number of nitrogens with one attached hydrogen (secondary N) is 2. The lowest BCUT2D eigenvalue weighted by molar-refractivity contribution is -0.122. The fourth-order valence-electron chi connectivity index (χ4n) is 1.23. The highest BCUT2D eigenvalue weighted by Crippen LogP contribution is 2.02. The molecule has 0 fully saturated rings. The normalized spacial score (nSPS) is 12.8. The topological polar surface area (TPSA) is 96.7 Å². The second kappa shape index (κ2) is 5.45. The minimum Gasteiger partial charge on any atom is -0.347 e. The van der Waals surface area contributed by atoms with Crippen LogP contribution in [0.25, 0.3) is 0 Å². The Kier molecular flexibility index (Phi) is 4.23. The Morgan fingerprint density at radius 2 is 2.40 bits per heavy atom. The van der Waals surface area contributed by atoms with Crippen molar-refractivity contribution in [2.24, 2.45) is 11.7 Å². The van der Waals surface area contributed by atoms with E-state index >= 15 is 0 Å². The molecule has 1 aromatic rings. The summed E-state index contributed by atoms with van der Waals surface area (Å²) in [6, 6.07) is -0.451. The fourth-order valence-corrected chi connectivity index (χ4v) is 1.23. The van der Waals surface area contributed by atoms with Crippen LogP contribution < -0.4 is 11.1 Å². The number of H-pyrrole nitrogens is 1. The predicted molar refractivity (Wildman–Crippen MR) is 55.7 cm³/mol. The Bertz CT molecular complexity index is 295. The van der Waals surface area contributed by atoms with E-state index in [-0.39, 0.29) is 5.91 Å². The molecular formula is C9H17N5O. The third-order valence-corrected chi connectivity index (χ3v) is 1.96. The third-order valence-electron chi connectivity index (χ3n) is 1.96. The Balaban J connectivity index is 2.29. The van der Waals surface area contributed by atoms with Gasteiger partial charge in [-0.15, -0.1) is 0 Å². The molecule has 0 saturated carbocycles. The number of carbonyl (C=O) groups is 1. The Morgan fingerprint density at radius 1 is 1.67 bits per heavy atom. The molecule has 1 rings (SSSR count). The molecule has 0 aliphatic carbocycles. The number of aromatic nitrogens is 3. The SMILES string of the molecule is CC(C)C[C@H](N)C(=O)NCc1ncn[nH]1. The molecule has 6 heteroatoms. The Labute approximate surface area is 88.7 Å². The summed E-state index contributed by atoms with van der Waals surface area (Å²) in [5, 5.41) is 9.02. The summed E-state index contributed by atoms with van der Waals surface area (Å²) in [6.07, 6.45) is 2.08. The summed E-state index contributed by atoms with van der Waals surface area (Å²) in [7, 11) is 0. The van der Waals surface area contributed by atoms with Gasteiger partial charge in [-0.1, -0.05) is 13.8 Å². The molecule has 0 spiro atoms. The summed E-state index contributed by atoms with van der Waals surface area (Å²) >= 11 is 0. The molecule has 84 valence electrons. The predicted octanol–water partition coefficient (Wildman–Crippen LogP) is -0.206. The molecule has 0 aliphatic heterocycles. The third kappa shape index (κ3) is 4.07. The second-order valence-corrected chi connectivity index (χ2v) is 3.89. The van der Waals surface area contributed by atoms with Gasteiger partial charge in [0.15, 0.2) is 0 Å². The molecule has 4 N–H and O–H groups in total. The van der Waals surface area contributed by atoms with Gasteiger partial charge in [-0.05, 0) is 12.3 Å². The minimum absolute atomic E-state index is 0.153.